The average Bonchev–Trinajstić information content (AvgIpc) is 2.21. The van der Waals surface area contributed by atoms with E-state index in [0.717, 1.165) is 19.3 Å². The van der Waals surface area contributed by atoms with Crippen molar-refractivity contribution >= 4 is 18.6 Å². The van der Waals surface area contributed by atoms with Crippen LogP contribution in [-0.2, 0) is 4.79 Å². The van der Waals surface area contributed by atoms with Crippen LogP contribution < -0.4 is 0 Å². The van der Waals surface area contributed by atoms with Crippen molar-refractivity contribution in [3.63, 3.8) is 0 Å². The summed E-state index contributed by atoms with van der Waals surface area (Å²) in [5, 5.41) is 8.12. The van der Waals surface area contributed by atoms with Gasteiger partial charge in [0, 0.05) is 0 Å². The summed E-state index contributed by atoms with van der Waals surface area (Å²) in [5.41, 5.74) is 0. The fraction of sp³-hybridized carbons (Fsp3) is 0.750. The second-order valence-electron chi connectivity index (χ2n) is 3.84. The molecule has 3 heteroatoms. The topological polar surface area (TPSA) is 37.3 Å². The van der Waals surface area contributed by atoms with Crippen LogP contribution in [0.5, 0.6) is 0 Å². The molecule has 0 rings (SSSR count). The first-order chi connectivity index (χ1) is 7.18. The summed E-state index contributed by atoms with van der Waals surface area (Å²) in [7, 11) is 0. The molecule has 0 fully saturated rings. The van der Waals surface area contributed by atoms with Crippen LogP contribution in [0.1, 0.15) is 51.4 Å². The highest BCUT2D eigenvalue weighted by Gasteiger charge is 2.10. The lowest BCUT2D eigenvalue weighted by atomic mass is 10.1. The standard InChI is InChI=1S/C12H22O2S/c1-2-3-4-5-6-7-8-9-10-11(15)12(13)14/h2,11,15H,1,3-10H2,(H,13,14). The highest BCUT2D eigenvalue weighted by atomic mass is 32.1. The van der Waals surface area contributed by atoms with Crippen molar-refractivity contribution in [3.05, 3.63) is 12.7 Å². The molecule has 0 saturated heterocycles. The zero-order valence-electron chi connectivity index (χ0n) is 9.32. The third-order valence-electron chi connectivity index (χ3n) is 2.42. The Morgan fingerprint density at radius 3 is 2.27 bits per heavy atom. The van der Waals surface area contributed by atoms with E-state index >= 15 is 0 Å². The van der Waals surface area contributed by atoms with E-state index in [9.17, 15) is 4.79 Å². The maximum atomic E-state index is 10.5. The van der Waals surface area contributed by atoms with E-state index in [1.54, 1.807) is 0 Å². The van der Waals surface area contributed by atoms with Gasteiger partial charge in [-0.2, -0.15) is 12.6 Å². The predicted octanol–water partition coefficient (Wildman–Crippen LogP) is 3.68. The molecule has 1 atom stereocenters. The fourth-order valence-corrected chi connectivity index (χ4v) is 1.64. The van der Waals surface area contributed by atoms with Crippen LogP contribution >= 0.6 is 12.6 Å². The molecule has 0 aliphatic rings. The first-order valence-corrected chi connectivity index (χ1v) is 6.22. The van der Waals surface area contributed by atoms with Crippen molar-refractivity contribution in [1.82, 2.24) is 0 Å². The third kappa shape index (κ3) is 9.85. The molecule has 0 aliphatic carbocycles. The minimum Gasteiger partial charge on any atom is -0.480 e. The predicted molar refractivity (Wildman–Crippen MR) is 67.5 cm³/mol. The number of thiol groups is 1. The smallest absolute Gasteiger partial charge is 0.316 e. The van der Waals surface area contributed by atoms with Gasteiger partial charge >= 0.3 is 5.97 Å². The first kappa shape index (κ1) is 14.6. The first-order valence-electron chi connectivity index (χ1n) is 5.70. The molecule has 1 unspecified atom stereocenters. The second-order valence-corrected chi connectivity index (χ2v) is 4.46. The van der Waals surface area contributed by atoms with Crippen molar-refractivity contribution in [2.75, 3.05) is 0 Å². The van der Waals surface area contributed by atoms with E-state index in [1.165, 1.54) is 25.7 Å². The fourth-order valence-electron chi connectivity index (χ4n) is 1.46. The molecule has 0 heterocycles. The van der Waals surface area contributed by atoms with Gasteiger partial charge in [0.25, 0.3) is 0 Å². The lowest BCUT2D eigenvalue weighted by Crippen LogP contribution is -2.12. The van der Waals surface area contributed by atoms with Gasteiger partial charge in [-0.3, -0.25) is 4.79 Å². The van der Waals surface area contributed by atoms with E-state index < -0.39 is 11.2 Å². The lowest BCUT2D eigenvalue weighted by molar-refractivity contribution is -0.136. The molecule has 1 N–H and O–H groups in total. The van der Waals surface area contributed by atoms with Gasteiger partial charge in [-0.05, 0) is 19.3 Å². The summed E-state index contributed by atoms with van der Waals surface area (Å²) < 4.78 is 0. The van der Waals surface area contributed by atoms with Gasteiger partial charge in [0.05, 0.1) is 5.25 Å². The molecule has 0 amide bonds. The zero-order chi connectivity index (χ0) is 11.5. The number of carbonyl (C=O) groups is 1. The third-order valence-corrected chi connectivity index (χ3v) is 2.90. The van der Waals surface area contributed by atoms with Gasteiger partial charge in [0.1, 0.15) is 0 Å². The molecule has 0 saturated carbocycles. The Morgan fingerprint density at radius 2 is 1.73 bits per heavy atom. The average molecular weight is 230 g/mol. The molecule has 2 nitrogen and oxygen atoms in total. The van der Waals surface area contributed by atoms with Crippen molar-refractivity contribution in [1.29, 1.82) is 0 Å². The quantitative estimate of drug-likeness (QED) is 0.341. The summed E-state index contributed by atoms with van der Waals surface area (Å²) >= 11 is 3.99. The van der Waals surface area contributed by atoms with Gasteiger partial charge in [0.15, 0.2) is 0 Å². The number of carboxylic acids is 1. The molecule has 0 aromatic heterocycles. The number of rotatable bonds is 10. The molecule has 0 spiro atoms. The summed E-state index contributed by atoms with van der Waals surface area (Å²) in [6.07, 6.45) is 10.8. The van der Waals surface area contributed by atoms with Crippen LogP contribution in [0.4, 0.5) is 0 Å². The molecule has 0 aromatic rings. The number of hydrogen-bond acceptors (Lipinski definition) is 2. The SMILES string of the molecule is C=CCCCCCCCCC(S)C(=O)O. The molecular weight excluding hydrogens is 208 g/mol. The molecule has 0 radical (unpaired) electrons. The van der Waals surface area contributed by atoms with Gasteiger partial charge in [-0.25, -0.2) is 0 Å². The highest BCUT2D eigenvalue weighted by Crippen LogP contribution is 2.12. The Hall–Kier alpha value is -0.440. The molecular formula is C12H22O2S. The zero-order valence-corrected chi connectivity index (χ0v) is 10.2. The second kappa shape index (κ2) is 10.1. The molecule has 0 aliphatic heterocycles. The number of carboxylic acid groups (broad SMARTS) is 1. The maximum Gasteiger partial charge on any atom is 0.316 e. The maximum absolute atomic E-state index is 10.5. The highest BCUT2D eigenvalue weighted by molar-refractivity contribution is 7.81. The molecule has 0 aromatic carbocycles. The number of hydrogen-bond donors (Lipinski definition) is 2. The Labute approximate surface area is 98.2 Å². The van der Waals surface area contributed by atoms with E-state index in [1.807, 2.05) is 6.08 Å². The Morgan fingerprint density at radius 1 is 1.20 bits per heavy atom. The van der Waals surface area contributed by atoms with E-state index in [-0.39, 0.29) is 0 Å². The Kier molecular flexibility index (Phi) is 9.79. The van der Waals surface area contributed by atoms with E-state index in [0.29, 0.717) is 6.42 Å². The van der Waals surface area contributed by atoms with Crippen LogP contribution in [0, 0.1) is 0 Å². The summed E-state index contributed by atoms with van der Waals surface area (Å²) in [4.78, 5) is 10.5. The summed E-state index contributed by atoms with van der Waals surface area (Å²) in [6.45, 7) is 3.68. The summed E-state index contributed by atoms with van der Waals surface area (Å²) in [5.74, 6) is -0.802. The van der Waals surface area contributed by atoms with Gasteiger partial charge in [-0.1, -0.05) is 38.2 Å². The van der Waals surface area contributed by atoms with Crippen molar-refractivity contribution in [2.45, 2.75) is 56.6 Å². The van der Waals surface area contributed by atoms with Crippen LogP contribution in [0.15, 0.2) is 12.7 Å². The largest absolute Gasteiger partial charge is 0.480 e. The molecule has 15 heavy (non-hydrogen) atoms. The number of aliphatic carboxylic acids is 1. The van der Waals surface area contributed by atoms with Crippen LogP contribution in [0.25, 0.3) is 0 Å². The van der Waals surface area contributed by atoms with E-state index in [4.69, 9.17) is 5.11 Å². The van der Waals surface area contributed by atoms with Crippen LogP contribution in [0.2, 0.25) is 0 Å². The minimum absolute atomic E-state index is 0.481. The van der Waals surface area contributed by atoms with Gasteiger partial charge in [0.2, 0.25) is 0 Å². The van der Waals surface area contributed by atoms with Crippen LogP contribution in [0.3, 0.4) is 0 Å². The van der Waals surface area contributed by atoms with Gasteiger partial charge in [-0.15, -0.1) is 6.58 Å². The Balaban J connectivity index is 3.11. The monoisotopic (exact) mass is 230 g/mol. The number of unbranched alkanes of at least 4 members (excludes halogenated alkanes) is 6. The summed E-state index contributed by atoms with van der Waals surface area (Å²) in [6, 6.07) is 0. The molecule has 0 bridgehead atoms. The normalized spacial score (nSPS) is 12.3. The lowest BCUT2D eigenvalue weighted by Gasteiger charge is -2.04. The van der Waals surface area contributed by atoms with Crippen LogP contribution in [-0.4, -0.2) is 16.3 Å². The minimum atomic E-state index is -0.802. The van der Waals surface area contributed by atoms with E-state index in [2.05, 4.69) is 19.2 Å². The molecule has 88 valence electrons. The Bertz CT molecular complexity index is 180. The van der Waals surface area contributed by atoms with Crippen molar-refractivity contribution in [2.24, 2.45) is 0 Å². The van der Waals surface area contributed by atoms with Crippen molar-refractivity contribution < 1.29 is 9.90 Å². The van der Waals surface area contributed by atoms with Crippen molar-refractivity contribution in [3.8, 4) is 0 Å². The van der Waals surface area contributed by atoms with Gasteiger partial charge < -0.3 is 5.11 Å². The number of allylic oxidation sites excluding steroid dienone is 1.